The minimum absolute atomic E-state index is 0.0131. The summed E-state index contributed by atoms with van der Waals surface area (Å²) in [4.78, 5) is 15.7. The van der Waals surface area contributed by atoms with Crippen molar-refractivity contribution in [3.8, 4) is 6.19 Å². The van der Waals surface area contributed by atoms with Crippen LogP contribution in [0.1, 0.15) is 26.3 Å². The molecular formula is C17H22F3N5O2S. The number of hydrogen-bond donors (Lipinski definition) is 3. The van der Waals surface area contributed by atoms with Crippen molar-refractivity contribution in [3.05, 3.63) is 23.8 Å². The van der Waals surface area contributed by atoms with Crippen LogP contribution in [0.15, 0.2) is 23.2 Å². The number of amidine groups is 1. The van der Waals surface area contributed by atoms with Crippen LogP contribution in [0, 0.1) is 11.5 Å². The van der Waals surface area contributed by atoms with Gasteiger partial charge in [0.25, 0.3) is 0 Å². The smallest absolute Gasteiger partial charge is 0.416 e. The molecule has 0 spiro atoms. The summed E-state index contributed by atoms with van der Waals surface area (Å²) < 4.78 is 44.1. The molecule has 1 amide bonds. The molecule has 0 aliphatic carbocycles. The number of hydrogen-bond acceptors (Lipinski definition) is 6. The number of carbonyl (C=O) groups excluding carboxylic acids is 1. The Balaban J connectivity index is 2.90. The zero-order valence-corrected chi connectivity index (χ0v) is 16.7. The van der Waals surface area contributed by atoms with E-state index in [2.05, 4.69) is 20.9 Å². The fourth-order valence-corrected chi connectivity index (χ4v) is 2.25. The molecule has 0 unspecified atom stereocenters. The second-order valence-corrected chi connectivity index (χ2v) is 7.24. The summed E-state index contributed by atoms with van der Waals surface area (Å²) in [5, 5.41) is 16.6. The molecule has 1 aromatic carbocycles. The number of alkyl halides is 3. The first-order valence-corrected chi connectivity index (χ1v) is 9.38. The van der Waals surface area contributed by atoms with Gasteiger partial charge in [0.1, 0.15) is 5.60 Å². The molecule has 1 rings (SSSR count). The molecular weight excluding hydrogens is 395 g/mol. The number of nitrogens with one attached hydrogen (secondary N) is 3. The Bertz CT molecular complexity index is 755. The molecule has 11 heteroatoms. The molecule has 0 heterocycles. The Kier molecular flexibility index (Phi) is 8.43. The number of aliphatic imine (C=N–C) groups is 1. The predicted octanol–water partition coefficient (Wildman–Crippen LogP) is 4.06. The number of nitriles is 1. The van der Waals surface area contributed by atoms with Gasteiger partial charge in [-0.15, -0.1) is 0 Å². The normalized spacial score (nSPS) is 12.1. The van der Waals surface area contributed by atoms with Gasteiger partial charge in [-0.1, -0.05) is 11.8 Å². The van der Waals surface area contributed by atoms with Crippen molar-refractivity contribution in [2.24, 2.45) is 4.99 Å². The maximum absolute atomic E-state index is 13.0. The third kappa shape index (κ3) is 8.39. The van der Waals surface area contributed by atoms with Crippen LogP contribution in [0.3, 0.4) is 0 Å². The Morgan fingerprint density at radius 1 is 1.29 bits per heavy atom. The Morgan fingerprint density at radius 2 is 1.96 bits per heavy atom. The lowest BCUT2D eigenvalue weighted by molar-refractivity contribution is -0.137. The van der Waals surface area contributed by atoms with Gasteiger partial charge in [0.2, 0.25) is 0 Å². The van der Waals surface area contributed by atoms with Gasteiger partial charge in [-0.3, -0.25) is 5.32 Å². The lowest BCUT2D eigenvalue weighted by Crippen LogP contribution is -2.35. The predicted molar refractivity (Wildman–Crippen MR) is 104 cm³/mol. The standard InChI is InChI=1S/C17H22F3N5O2S/c1-16(2,3)27-15(26)23-8-7-22-12-6-5-11(17(18,19)20)9-13(12)25-14(28-4)24-10-21/h5-6,9,22H,7-8H2,1-4H3,(H,23,26)(H,24,25). The van der Waals surface area contributed by atoms with Crippen LogP contribution in [0.4, 0.5) is 29.3 Å². The first kappa shape index (κ1) is 23.4. The van der Waals surface area contributed by atoms with Crippen LogP contribution in [0.5, 0.6) is 0 Å². The molecule has 1 aromatic rings. The number of thioether (sulfide) groups is 1. The topological polar surface area (TPSA) is 98.5 Å². The van der Waals surface area contributed by atoms with Crippen molar-refractivity contribution in [2.45, 2.75) is 32.5 Å². The third-order valence-electron chi connectivity index (χ3n) is 3.01. The van der Waals surface area contributed by atoms with Gasteiger partial charge in [-0.05, 0) is 45.2 Å². The summed E-state index contributed by atoms with van der Waals surface area (Å²) in [6.07, 6.45) is -1.80. The van der Waals surface area contributed by atoms with Crippen molar-refractivity contribution < 1.29 is 22.7 Å². The van der Waals surface area contributed by atoms with Crippen molar-refractivity contribution in [1.82, 2.24) is 10.6 Å². The van der Waals surface area contributed by atoms with Gasteiger partial charge in [0.15, 0.2) is 11.4 Å². The number of rotatable bonds is 5. The molecule has 0 bridgehead atoms. The zero-order valence-electron chi connectivity index (χ0n) is 15.9. The van der Waals surface area contributed by atoms with E-state index >= 15 is 0 Å². The summed E-state index contributed by atoms with van der Waals surface area (Å²) in [7, 11) is 0. The maximum Gasteiger partial charge on any atom is 0.416 e. The van der Waals surface area contributed by atoms with E-state index < -0.39 is 23.4 Å². The second kappa shape index (κ2) is 10.1. The fourth-order valence-electron chi connectivity index (χ4n) is 1.91. The van der Waals surface area contributed by atoms with E-state index in [0.717, 1.165) is 23.9 Å². The number of anilines is 1. The highest BCUT2D eigenvalue weighted by molar-refractivity contribution is 8.13. The van der Waals surface area contributed by atoms with Gasteiger partial charge >= 0.3 is 12.3 Å². The highest BCUT2D eigenvalue weighted by Gasteiger charge is 2.31. The number of nitrogens with zero attached hydrogens (tertiary/aromatic N) is 2. The highest BCUT2D eigenvalue weighted by Crippen LogP contribution is 2.35. The van der Waals surface area contributed by atoms with E-state index in [1.54, 1.807) is 33.2 Å². The number of carbonyl (C=O) groups is 1. The Morgan fingerprint density at radius 3 is 2.50 bits per heavy atom. The van der Waals surface area contributed by atoms with E-state index in [9.17, 15) is 18.0 Å². The van der Waals surface area contributed by atoms with Gasteiger partial charge in [-0.25, -0.2) is 9.79 Å². The number of amides is 1. The number of halogens is 3. The quantitative estimate of drug-likeness (QED) is 0.220. The van der Waals surface area contributed by atoms with E-state index in [0.29, 0.717) is 5.69 Å². The summed E-state index contributed by atoms with van der Waals surface area (Å²) >= 11 is 1.08. The van der Waals surface area contributed by atoms with Crippen molar-refractivity contribution in [3.63, 3.8) is 0 Å². The molecule has 0 saturated carbocycles. The van der Waals surface area contributed by atoms with Crippen molar-refractivity contribution in [1.29, 1.82) is 5.26 Å². The van der Waals surface area contributed by atoms with Crippen molar-refractivity contribution in [2.75, 3.05) is 24.7 Å². The van der Waals surface area contributed by atoms with Gasteiger partial charge in [0, 0.05) is 13.1 Å². The number of benzene rings is 1. The molecule has 7 nitrogen and oxygen atoms in total. The second-order valence-electron chi connectivity index (χ2n) is 6.44. The van der Waals surface area contributed by atoms with E-state index in [-0.39, 0.29) is 23.9 Å². The van der Waals surface area contributed by atoms with Crippen LogP contribution >= 0.6 is 11.8 Å². The van der Waals surface area contributed by atoms with Gasteiger partial charge in [-0.2, -0.15) is 18.4 Å². The summed E-state index contributed by atoms with van der Waals surface area (Å²) in [5.74, 6) is 0. The molecule has 0 aliphatic rings. The number of ether oxygens (including phenoxy) is 1. The van der Waals surface area contributed by atoms with Crippen LogP contribution in [-0.2, 0) is 10.9 Å². The van der Waals surface area contributed by atoms with Crippen LogP contribution < -0.4 is 16.0 Å². The molecule has 0 aliphatic heterocycles. The number of alkyl carbamates (subject to hydrolysis) is 1. The monoisotopic (exact) mass is 417 g/mol. The molecule has 0 atom stereocenters. The molecule has 0 aromatic heterocycles. The molecule has 0 radical (unpaired) electrons. The summed E-state index contributed by atoms with van der Waals surface area (Å²) in [6, 6.07) is 3.07. The largest absolute Gasteiger partial charge is 0.444 e. The van der Waals surface area contributed by atoms with Gasteiger partial charge in [0.05, 0.1) is 16.9 Å². The Labute approximate surface area is 165 Å². The fraction of sp³-hybridized carbons (Fsp3) is 0.471. The van der Waals surface area contributed by atoms with Crippen LogP contribution in [-0.4, -0.2) is 36.2 Å². The van der Waals surface area contributed by atoms with Crippen LogP contribution in [0.2, 0.25) is 0 Å². The SMILES string of the molecule is CSC(=Nc1cc(C(F)(F)F)ccc1NCCNC(=O)OC(C)(C)C)NC#N. The lowest BCUT2D eigenvalue weighted by Gasteiger charge is -2.20. The third-order valence-corrected chi connectivity index (χ3v) is 3.59. The van der Waals surface area contributed by atoms with E-state index in [1.165, 1.54) is 6.07 Å². The first-order chi connectivity index (χ1) is 13.0. The maximum atomic E-state index is 13.0. The molecule has 0 saturated heterocycles. The van der Waals surface area contributed by atoms with Gasteiger partial charge < -0.3 is 15.4 Å². The highest BCUT2D eigenvalue weighted by atomic mass is 32.2. The van der Waals surface area contributed by atoms with Crippen molar-refractivity contribution >= 4 is 34.4 Å². The summed E-state index contributed by atoms with van der Waals surface area (Å²) in [6.45, 7) is 5.61. The molecule has 28 heavy (non-hydrogen) atoms. The first-order valence-electron chi connectivity index (χ1n) is 8.16. The van der Waals surface area contributed by atoms with E-state index in [1.807, 2.05) is 0 Å². The lowest BCUT2D eigenvalue weighted by atomic mass is 10.1. The molecule has 154 valence electrons. The van der Waals surface area contributed by atoms with Crippen LogP contribution in [0.25, 0.3) is 0 Å². The summed E-state index contributed by atoms with van der Waals surface area (Å²) in [5.41, 5.74) is -1.15. The Hall–Kier alpha value is -2.61. The molecule has 0 fully saturated rings. The minimum Gasteiger partial charge on any atom is -0.444 e. The minimum atomic E-state index is -4.52. The zero-order chi connectivity index (χ0) is 21.4. The molecule has 3 N–H and O–H groups in total. The van der Waals surface area contributed by atoms with E-state index in [4.69, 9.17) is 10.00 Å². The average molecular weight is 417 g/mol. The average Bonchev–Trinajstić information content (AvgIpc) is 2.56.